The highest BCUT2D eigenvalue weighted by Crippen LogP contribution is 1.94. The van der Waals surface area contributed by atoms with Gasteiger partial charge in [0.15, 0.2) is 0 Å². The summed E-state index contributed by atoms with van der Waals surface area (Å²) in [4.78, 5) is 0. The molecule has 0 aromatic rings. The van der Waals surface area contributed by atoms with Gasteiger partial charge in [-0.15, -0.1) is 0 Å². The van der Waals surface area contributed by atoms with Gasteiger partial charge in [-0.3, -0.25) is 5.84 Å². The van der Waals surface area contributed by atoms with E-state index in [-0.39, 0.29) is 0 Å². The Morgan fingerprint density at radius 3 is 2.12 bits per heavy atom. The average molecular weight is 116 g/mol. The molecule has 0 unspecified atom stereocenters. The Morgan fingerprint density at radius 2 is 2.00 bits per heavy atom. The topological polar surface area (TPSA) is 29.3 Å². The van der Waals surface area contributed by atoms with Crippen LogP contribution in [0.3, 0.4) is 0 Å². The summed E-state index contributed by atoms with van der Waals surface area (Å²) in [6.45, 7) is 7.27. The van der Waals surface area contributed by atoms with Gasteiger partial charge in [-0.1, -0.05) is 13.8 Å². The molecule has 2 nitrogen and oxygen atoms in total. The quantitative estimate of drug-likeness (QED) is 0.440. The first-order chi connectivity index (χ1) is 3.72. The average Bonchev–Trinajstić information content (AvgIpc) is 1.84. The number of rotatable bonds is 3. The molecule has 1 atom stereocenters. The van der Waals surface area contributed by atoms with Crippen LogP contribution >= 0.6 is 0 Å². The minimum Gasteiger partial charge on any atom is -0.269 e. The highest BCUT2D eigenvalue weighted by atomic mass is 15.4. The fourth-order valence-electron chi connectivity index (χ4n) is 0.546. The van der Waals surface area contributed by atoms with Crippen LogP contribution in [0.15, 0.2) is 0 Å². The molecule has 0 aliphatic rings. The highest BCUT2D eigenvalue weighted by molar-refractivity contribution is 4.54. The maximum atomic E-state index is 5.56. The maximum Gasteiger partial charge on any atom is 0.0210 e. The van der Waals surface area contributed by atoms with Crippen LogP contribution in [0.2, 0.25) is 0 Å². The molecule has 0 aliphatic carbocycles. The highest BCUT2D eigenvalue weighted by Gasteiger charge is 2.01. The Hall–Kier alpha value is -0.0800. The van der Waals surface area contributed by atoms with Gasteiger partial charge in [0.2, 0.25) is 0 Å². The van der Waals surface area contributed by atoms with Gasteiger partial charge in [-0.25, -0.2) is 5.01 Å². The number of hydrazine groups is 1. The zero-order valence-corrected chi connectivity index (χ0v) is 6.02. The molecule has 2 heteroatoms. The van der Waals surface area contributed by atoms with Gasteiger partial charge in [0, 0.05) is 12.6 Å². The Balaban J connectivity index is 3.29. The molecule has 8 heavy (non-hydrogen) atoms. The van der Waals surface area contributed by atoms with Crippen molar-refractivity contribution in [3.63, 3.8) is 0 Å². The summed E-state index contributed by atoms with van der Waals surface area (Å²) in [5, 5.41) is 1.85. The van der Waals surface area contributed by atoms with Crippen LogP contribution in [-0.2, 0) is 0 Å². The smallest absolute Gasteiger partial charge is 0.0210 e. The van der Waals surface area contributed by atoms with Crippen LogP contribution in [0, 0.1) is 0 Å². The molecular formula is C6H16N2. The summed E-state index contributed by atoms with van der Waals surface area (Å²) in [5.74, 6) is 5.56. The molecule has 0 aromatic carbocycles. The molecule has 50 valence electrons. The standard InChI is InChI=1S/C6H16N2/c1-4-6(3)8(7)5-2/h6H,4-5,7H2,1-3H3/t6-/m1/s1. The summed E-state index contributed by atoms with van der Waals surface area (Å²) in [6, 6.07) is 0.528. The second-order valence-corrected chi connectivity index (χ2v) is 2.09. The van der Waals surface area contributed by atoms with E-state index in [4.69, 9.17) is 5.84 Å². The lowest BCUT2D eigenvalue weighted by Gasteiger charge is -2.20. The first-order valence-electron chi connectivity index (χ1n) is 3.23. The molecule has 0 aliphatic heterocycles. The molecule has 0 saturated carbocycles. The SMILES string of the molecule is CC[C@@H](C)N(N)CC. The lowest BCUT2D eigenvalue weighted by atomic mass is 10.2. The zero-order chi connectivity index (χ0) is 6.57. The number of nitrogens with zero attached hydrogens (tertiary/aromatic N) is 1. The van der Waals surface area contributed by atoms with Crippen LogP contribution in [0.1, 0.15) is 27.2 Å². The molecule has 0 amide bonds. The fourth-order valence-corrected chi connectivity index (χ4v) is 0.546. The third-order valence-electron chi connectivity index (χ3n) is 1.52. The molecule has 0 aromatic heterocycles. The van der Waals surface area contributed by atoms with Gasteiger partial charge < -0.3 is 0 Å². The molecule has 0 bridgehead atoms. The lowest BCUT2D eigenvalue weighted by Crippen LogP contribution is -2.38. The van der Waals surface area contributed by atoms with Crippen LogP contribution < -0.4 is 5.84 Å². The fraction of sp³-hybridized carbons (Fsp3) is 1.00. The third kappa shape index (κ3) is 2.28. The summed E-state index contributed by atoms with van der Waals surface area (Å²) in [7, 11) is 0. The number of hydrogen-bond acceptors (Lipinski definition) is 2. The molecule has 0 fully saturated rings. The minimum absolute atomic E-state index is 0.528. The second kappa shape index (κ2) is 3.87. The van der Waals surface area contributed by atoms with E-state index in [1.165, 1.54) is 0 Å². The summed E-state index contributed by atoms with van der Waals surface area (Å²) < 4.78 is 0. The monoisotopic (exact) mass is 116 g/mol. The van der Waals surface area contributed by atoms with Gasteiger partial charge in [-0.05, 0) is 13.3 Å². The Labute approximate surface area is 51.6 Å². The van der Waals surface area contributed by atoms with E-state index in [1.807, 2.05) is 5.01 Å². The Morgan fingerprint density at radius 1 is 1.50 bits per heavy atom. The van der Waals surface area contributed by atoms with Gasteiger partial charge in [0.05, 0.1) is 0 Å². The van der Waals surface area contributed by atoms with Crippen molar-refractivity contribution in [3.8, 4) is 0 Å². The van der Waals surface area contributed by atoms with E-state index >= 15 is 0 Å². The van der Waals surface area contributed by atoms with Crippen molar-refractivity contribution in [2.24, 2.45) is 5.84 Å². The molecule has 0 saturated heterocycles. The van der Waals surface area contributed by atoms with Crippen LogP contribution in [0.5, 0.6) is 0 Å². The van der Waals surface area contributed by atoms with Gasteiger partial charge in [0.25, 0.3) is 0 Å². The maximum absolute atomic E-state index is 5.56. The molecule has 0 rings (SSSR count). The number of hydrogen-bond donors (Lipinski definition) is 1. The van der Waals surface area contributed by atoms with Crippen molar-refractivity contribution in [1.29, 1.82) is 0 Å². The van der Waals surface area contributed by atoms with Gasteiger partial charge in [0.1, 0.15) is 0 Å². The lowest BCUT2D eigenvalue weighted by molar-refractivity contribution is 0.220. The minimum atomic E-state index is 0.528. The normalized spacial score (nSPS) is 14.6. The number of nitrogens with two attached hydrogens (primary N) is 1. The predicted octanol–water partition coefficient (Wildman–Crippen LogP) is 0.981. The summed E-state index contributed by atoms with van der Waals surface area (Å²) >= 11 is 0. The first kappa shape index (κ1) is 7.92. The van der Waals surface area contributed by atoms with E-state index in [2.05, 4.69) is 20.8 Å². The van der Waals surface area contributed by atoms with Crippen molar-refractivity contribution in [1.82, 2.24) is 5.01 Å². The van der Waals surface area contributed by atoms with Crippen molar-refractivity contribution in [2.75, 3.05) is 6.54 Å². The van der Waals surface area contributed by atoms with Crippen LogP contribution in [0.25, 0.3) is 0 Å². The van der Waals surface area contributed by atoms with E-state index in [0.717, 1.165) is 13.0 Å². The van der Waals surface area contributed by atoms with E-state index in [9.17, 15) is 0 Å². The van der Waals surface area contributed by atoms with E-state index in [1.54, 1.807) is 0 Å². The molecular weight excluding hydrogens is 100 g/mol. The first-order valence-corrected chi connectivity index (χ1v) is 3.23. The molecule has 0 spiro atoms. The van der Waals surface area contributed by atoms with Crippen molar-refractivity contribution in [2.45, 2.75) is 33.2 Å². The Kier molecular flexibility index (Phi) is 3.83. The van der Waals surface area contributed by atoms with E-state index < -0.39 is 0 Å². The largest absolute Gasteiger partial charge is 0.269 e. The second-order valence-electron chi connectivity index (χ2n) is 2.09. The molecule has 2 N–H and O–H groups in total. The summed E-state index contributed by atoms with van der Waals surface area (Å²) in [5.41, 5.74) is 0. The van der Waals surface area contributed by atoms with Crippen LogP contribution in [0.4, 0.5) is 0 Å². The predicted molar refractivity (Wildman–Crippen MR) is 36.3 cm³/mol. The molecule has 0 heterocycles. The molecule has 0 radical (unpaired) electrons. The van der Waals surface area contributed by atoms with E-state index in [0.29, 0.717) is 6.04 Å². The van der Waals surface area contributed by atoms with Gasteiger partial charge >= 0.3 is 0 Å². The Bertz CT molecular complexity index is 46.5. The zero-order valence-electron chi connectivity index (χ0n) is 6.02. The van der Waals surface area contributed by atoms with Gasteiger partial charge in [-0.2, -0.15) is 0 Å². The summed E-state index contributed by atoms with van der Waals surface area (Å²) in [6.07, 6.45) is 1.13. The van der Waals surface area contributed by atoms with Crippen molar-refractivity contribution in [3.05, 3.63) is 0 Å². The van der Waals surface area contributed by atoms with Crippen LogP contribution in [-0.4, -0.2) is 17.6 Å². The third-order valence-corrected chi connectivity index (χ3v) is 1.52. The van der Waals surface area contributed by atoms with Crippen molar-refractivity contribution < 1.29 is 0 Å². The van der Waals surface area contributed by atoms with Crippen molar-refractivity contribution >= 4 is 0 Å².